The second kappa shape index (κ2) is 6.44. The molecule has 0 aliphatic carbocycles. The zero-order valence-electron chi connectivity index (χ0n) is 8.50. The smallest absolute Gasteiger partial charge is 0.220 e. The Morgan fingerprint density at radius 3 is 2.62 bits per heavy atom. The van der Waals surface area contributed by atoms with Crippen molar-refractivity contribution in [3.05, 3.63) is 0 Å². The Bertz CT molecular complexity index is 198. The van der Waals surface area contributed by atoms with Gasteiger partial charge in [0.15, 0.2) is 0 Å². The van der Waals surface area contributed by atoms with Gasteiger partial charge in [-0.1, -0.05) is 13.8 Å². The predicted octanol–water partition coefficient (Wildman–Crippen LogP) is 0.356. The molecule has 74 valence electrons. The van der Waals surface area contributed by atoms with E-state index < -0.39 is 0 Å². The van der Waals surface area contributed by atoms with Crippen LogP contribution in [0.25, 0.3) is 0 Å². The van der Waals surface area contributed by atoms with Crippen LogP contribution in [0.5, 0.6) is 0 Å². The highest BCUT2D eigenvalue weighted by Crippen LogP contribution is 2.01. The molecule has 0 aromatic heterocycles. The molecule has 1 fully saturated rings. The number of nitriles is 1. The Labute approximate surface area is 79.5 Å². The van der Waals surface area contributed by atoms with Gasteiger partial charge in [-0.25, -0.2) is 0 Å². The van der Waals surface area contributed by atoms with E-state index >= 15 is 0 Å². The van der Waals surface area contributed by atoms with Crippen LogP contribution in [0.3, 0.4) is 0 Å². The van der Waals surface area contributed by atoms with E-state index in [0.717, 1.165) is 6.54 Å². The number of carbonyl (C=O) groups excluding carboxylic acids is 1. The van der Waals surface area contributed by atoms with E-state index in [0.29, 0.717) is 13.1 Å². The van der Waals surface area contributed by atoms with Crippen molar-refractivity contribution in [3.63, 3.8) is 0 Å². The Kier molecular flexibility index (Phi) is 5.90. The molecule has 1 saturated heterocycles. The highest BCUT2D eigenvalue weighted by molar-refractivity contribution is 5.74. The van der Waals surface area contributed by atoms with Crippen molar-refractivity contribution >= 4 is 5.91 Å². The van der Waals surface area contributed by atoms with Crippen LogP contribution in [0.15, 0.2) is 0 Å². The van der Waals surface area contributed by atoms with Gasteiger partial charge in [-0.3, -0.25) is 4.79 Å². The monoisotopic (exact) mass is 183 g/mol. The molecule has 0 spiro atoms. The first-order valence-corrected chi connectivity index (χ1v) is 4.63. The van der Waals surface area contributed by atoms with Gasteiger partial charge < -0.3 is 10.2 Å². The Morgan fingerprint density at radius 2 is 2.23 bits per heavy atom. The van der Waals surface area contributed by atoms with Gasteiger partial charge in [0.25, 0.3) is 0 Å². The van der Waals surface area contributed by atoms with Crippen molar-refractivity contribution < 1.29 is 4.79 Å². The lowest BCUT2D eigenvalue weighted by Crippen LogP contribution is -2.52. The summed E-state index contributed by atoms with van der Waals surface area (Å²) in [7, 11) is 0. The van der Waals surface area contributed by atoms with E-state index in [1.807, 2.05) is 13.8 Å². The molecule has 1 amide bonds. The molecule has 1 rings (SSSR count). The molecular weight excluding hydrogens is 166 g/mol. The molecule has 0 aromatic carbocycles. The topological polar surface area (TPSA) is 56.1 Å². The minimum atomic E-state index is -0.277. The number of carbonyl (C=O) groups is 1. The number of amides is 1. The third-order valence-corrected chi connectivity index (χ3v) is 1.80. The predicted molar refractivity (Wildman–Crippen MR) is 51.0 cm³/mol. The van der Waals surface area contributed by atoms with Gasteiger partial charge in [-0.15, -0.1) is 0 Å². The zero-order chi connectivity index (χ0) is 10.3. The molecule has 1 aliphatic heterocycles. The molecular formula is C9H17N3O. The van der Waals surface area contributed by atoms with Gasteiger partial charge >= 0.3 is 0 Å². The van der Waals surface area contributed by atoms with Crippen molar-refractivity contribution in [2.45, 2.75) is 26.8 Å². The van der Waals surface area contributed by atoms with Crippen LogP contribution in [-0.4, -0.2) is 36.5 Å². The zero-order valence-corrected chi connectivity index (χ0v) is 8.50. The Hall–Kier alpha value is -1.08. The fraction of sp³-hybridized carbons (Fsp3) is 0.778. The average Bonchev–Trinajstić information content (AvgIpc) is 2.20. The van der Waals surface area contributed by atoms with E-state index in [-0.39, 0.29) is 11.9 Å². The minimum absolute atomic E-state index is 0.0157. The average molecular weight is 183 g/mol. The molecule has 1 aliphatic rings. The van der Waals surface area contributed by atoms with Gasteiger partial charge in [-0.2, -0.15) is 5.26 Å². The number of piperazine rings is 1. The molecule has 1 N–H and O–H groups in total. The maximum absolute atomic E-state index is 10.9. The largest absolute Gasteiger partial charge is 0.324 e. The van der Waals surface area contributed by atoms with Crippen molar-refractivity contribution in [1.82, 2.24) is 10.2 Å². The first kappa shape index (κ1) is 11.9. The van der Waals surface area contributed by atoms with Gasteiger partial charge in [0.2, 0.25) is 5.91 Å². The lowest BCUT2D eigenvalue weighted by atomic mass is 10.2. The van der Waals surface area contributed by atoms with E-state index in [1.165, 1.54) is 6.92 Å². The first-order valence-electron chi connectivity index (χ1n) is 4.63. The molecule has 0 aromatic rings. The number of rotatable bonds is 0. The number of hydrogen-bond donors (Lipinski definition) is 1. The van der Waals surface area contributed by atoms with Gasteiger partial charge in [0.1, 0.15) is 6.04 Å². The summed E-state index contributed by atoms with van der Waals surface area (Å²) in [4.78, 5) is 12.5. The standard InChI is InChI=1S/C7H11N3O.C2H6/c1-6(11)10-3-2-9-5-7(10)4-8;1-2/h7,9H,2-3,5H2,1H3;1-2H3. The van der Waals surface area contributed by atoms with Gasteiger partial charge in [0.05, 0.1) is 6.07 Å². The minimum Gasteiger partial charge on any atom is -0.324 e. The maximum Gasteiger partial charge on any atom is 0.220 e. The maximum atomic E-state index is 10.9. The van der Waals surface area contributed by atoms with Crippen molar-refractivity contribution in [3.8, 4) is 6.07 Å². The molecule has 0 radical (unpaired) electrons. The summed E-state index contributed by atoms with van der Waals surface area (Å²) in [6.45, 7) is 7.52. The summed E-state index contributed by atoms with van der Waals surface area (Å²) in [6, 6.07) is 1.80. The molecule has 1 heterocycles. The first-order chi connectivity index (χ1) is 6.25. The van der Waals surface area contributed by atoms with Gasteiger partial charge in [0, 0.05) is 26.6 Å². The molecule has 13 heavy (non-hydrogen) atoms. The second-order valence-corrected chi connectivity index (χ2v) is 2.56. The molecule has 0 saturated carbocycles. The summed E-state index contributed by atoms with van der Waals surface area (Å²) >= 11 is 0. The SMILES string of the molecule is CC.CC(=O)N1CCNCC1C#N. The highest BCUT2D eigenvalue weighted by Gasteiger charge is 2.22. The molecule has 0 bridgehead atoms. The van der Waals surface area contributed by atoms with Crippen LogP contribution in [0.1, 0.15) is 20.8 Å². The molecule has 1 unspecified atom stereocenters. The summed E-state index contributed by atoms with van der Waals surface area (Å²) in [6.07, 6.45) is 0. The number of nitrogens with zero attached hydrogens (tertiary/aromatic N) is 2. The molecule has 4 heteroatoms. The highest BCUT2D eigenvalue weighted by atomic mass is 16.2. The van der Waals surface area contributed by atoms with Gasteiger partial charge in [-0.05, 0) is 0 Å². The lowest BCUT2D eigenvalue weighted by Gasteiger charge is -2.30. The number of nitrogens with one attached hydrogen (secondary N) is 1. The summed E-state index contributed by atoms with van der Waals surface area (Å²) in [5.74, 6) is -0.0157. The summed E-state index contributed by atoms with van der Waals surface area (Å²) in [5.41, 5.74) is 0. The Balaban J connectivity index is 0.000000671. The lowest BCUT2D eigenvalue weighted by molar-refractivity contribution is -0.130. The third kappa shape index (κ3) is 3.43. The fourth-order valence-electron chi connectivity index (χ4n) is 1.20. The van der Waals surface area contributed by atoms with Crippen molar-refractivity contribution in [2.24, 2.45) is 0 Å². The van der Waals surface area contributed by atoms with E-state index in [1.54, 1.807) is 4.90 Å². The van der Waals surface area contributed by atoms with Crippen molar-refractivity contribution in [1.29, 1.82) is 5.26 Å². The Morgan fingerprint density at radius 1 is 1.62 bits per heavy atom. The summed E-state index contributed by atoms with van der Waals surface area (Å²) in [5, 5.41) is 11.7. The summed E-state index contributed by atoms with van der Waals surface area (Å²) < 4.78 is 0. The van der Waals surface area contributed by atoms with E-state index in [9.17, 15) is 4.79 Å². The van der Waals surface area contributed by atoms with E-state index in [4.69, 9.17) is 5.26 Å². The third-order valence-electron chi connectivity index (χ3n) is 1.80. The van der Waals surface area contributed by atoms with Crippen LogP contribution >= 0.6 is 0 Å². The van der Waals surface area contributed by atoms with Crippen LogP contribution in [0, 0.1) is 11.3 Å². The quantitative estimate of drug-likeness (QED) is 0.590. The van der Waals surface area contributed by atoms with Crippen LogP contribution < -0.4 is 5.32 Å². The van der Waals surface area contributed by atoms with Crippen LogP contribution in [0.2, 0.25) is 0 Å². The normalized spacial score (nSPS) is 21.1. The van der Waals surface area contributed by atoms with Crippen molar-refractivity contribution in [2.75, 3.05) is 19.6 Å². The molecule has 4 nitrogen and oxygen atoms in total. The van der Waals surface area contributed by atoms with Crippen LogP contribution in [0.4, 0.5) is 0 Å². The van der Waals surface area contributed by atoms with Crippen LogP contribution in [-0.2, 0) is 4.79 Å². The number of hydrogen-bond acceptors (Lipinski definition) is 3. The van der Waals surface area contributed by atoms with E-state index in [2.05, 4.69) is 11.4 Å². The molecule has 1 atom stereocenters. The second-order valence-electron chi connectivity index (χ2n) is 2.56. The fourth-order valence-corrected chi connectivity index (χ4v) is 1.20.